The lowest BCUT2D eigenvalue weighted by Gasteiger charge is -2.31. The topological polar surface area (TPSA) is 247 Å². The molecule has 2 aromatic carbocycles. The molecule has 2 fully saturated rings. The first-order valence-electron chi connectivity index (χ1n) is 22.1. The molecule has 66 heavy (non-hydrogen) atoms. The van der Waals surface area contributed by atoms with Gasteiger partial charge in [-0.15, -0.1) is 0 Å². The Kier molecular flexibility index (Phi) is 16.4. The van der Waals surface area contributed by atoms with Crippen molar-refractivity contribution in [3.8, 4) is 32.5 Å². The van der Waals surface area contributed by atoms with E-state index in [2.05, 4.69) is 31.9 Å². The van der Waals surface area contributed by atoms with Crippen molar-refractivity contribution >= 4 is 68.1 Å². The first-order valence-corrected chi connectivity index (χ1v) is 23.7. The summed E-state index contributed by atoms with van der Waals surface area (Å²) >= 11 is 2.30. The average Bonchev–Trinajstić information content (AvgIpc) is 4.11. The monoisotopic (exact) mass is 944 g/mol. The fraction of sp³-hybridized carbons (Fsp3) is 0.478. The summed E-state index contributed by atoms with van der Waals surface area (Å²) in [5.74, 6) is -3.44. The zero-order chi connectivity index (χ0) is 48.0. The number of thiazole rings is 2. The molecule has 0 radical (unpaired) electrons. The van der Waals surface area contributed by atoms with E-state index in [0.717, 1.165) is 22.7 Å². The number of nitrogens with one attached hydrogen (secondary N) is 6. The maximum atomic E-state index is 14.3. The highest BCUT2D eigenvalue weighted by atomic mass is 32.1. The number of aliphatic hydroxyl groups is 2. The van der Waals surface area contributed by atoms with Crippen LogP contribution in [0.4, 0.5) is 10.0 Å². The second kappa shape index (κ2) is 21.8. The number of β-amino-alcohol motifs (C(OH)–C–C–N with tert-alkyl or cyclic N) is 2. The van der Waals surface area contributed by atoms with Gasteiger partial charge in [0.15, 0.2) is 10.0 Å². The molecule has 0 spiro atoms. The molecule has 6 rings (SSSR count). The number of amides is 6. The minimum atomic E-state index is -1.06. The van der Waals surface area contributed by atoms with Gasteiger partial charge in [0.1, 0.15) is 45.6 Å². The number of likely N-dealkylation sites (tertiary alicyclic amines) is 2. The van der Waals surface area contributed by atoms with Gasteiger partial charge in [-0.05, 0) is 39.8 Å². The summed E-state index contributed by atoms with van der Waals surface area (Å²) in [5.41, 5.74) is 2.23. The van der Waals surface area contributed by atoms with Crippen LogP contribution >= 0.6 is 22.7 Å². The average molecular weight is 945 g/mol. The van der Waals surface area contributed by atoms with Gasteiger partial charge < -0.3 is 51.9 Å². The van der Waals surface area contributed by atoms with Gasteiger partial charge >= 0.3 is 0 Å². The predicted octanol–water partition coefficient (Wildman–Crippen LogP) is 2.90. The molecule has 2 aromatic heterocycles. The van der Waals surface area contributed by atoms with E-state index in [9.17, 15) is 39.0 Å². The lowest BCUT2D eigenvalue weighted by atomic mass is 10.0. The summed E-state index contributed by atoms with van der Waals surface area (Å²) in [7, 11) is 3.27. The first-order chi connectivity index (χ1) is 31.4. The largest absolute Gasteiger partial charge is 0.391 e. The van der Waals surface area contributed by atoms with Crippen molar-refractivity contribution in [3.63, 3.8) is 0 Å². The number of rotatable bonds is 17. The third-order valence-electron chi connectivity index (χ3n) is 11.8. The Morgan fingerprint density at radius 3 is 1.26 bits per heavy atom. The minimum absolute atomic E-state index is 0.0189. The van der Waals surface area contributed by atoms with Crippen molar-refractivity contribution in [2.24, 2.45) is 11.8 Å². The van der Waals surface area contributed by atoms with Crippen LogP contribution in [0.2, 0.25) is 0 Å². The number of carbonyl (C=O) groups is 6. The van der Waals surface area contributed by atoms with E-state index < -0.39 is 72.1 Å². The molecule has 8 atom stereocenters. The molecule has 0 aliphatic carbocycles. The van der Waals surface area contributed by atoms with Gasteiger partial charge in [-0.1, -0.05) is 111 Å². The first kappa shape index (κ1) is 49.8. The third kappa shape index (κ3) is 11.3. The number of aliphatic hydroxyl groups excluding tert-OH is 2. The normalized spacial score (nSPS) is 20.2. The minimum Gasteiger partial charge on any atom is -0.391 e. The van der Waals surface area contributed by atoms with Crippen LogP contribution < -0.4 is 31.9 Å². The highest BCUT2D eigenvalue weighted by Crippen LogP contribution is 2.44. The number of carbonyl (C=O) groups excluding carboxylic acids is 6. The lowest BCUT2D eigenvalue weighted by Crippen LogP contribution is -2.56. The van der Waals surface area contributed by atoms with Crippen molar-refractivity contribution < 1.29 is 39.0 Å². The number of hydrogen-bond donors (Lipinski definition) is 8. The molecule has 2 aliphatic heterocycles. The van der Waals surface area contributed by atoms with E-state index in [1.54, 1.807) is 55.6 Å². The zero-order valence-corrected chi connectivity index (χ0v) is 40.0. The Balaban J connectivity index is 1.31. The van der Waals surface area contributed by atoms with Crippen molar-refractivity contribution in [1.82, 2.24) is 41.0 Å². The van der Waals surface area contributed by atoms with Crippen LogP contribution in [0, 0.1) is 11.8 Å². The molecule has 18 nitrogen and oxygen atoms in total. The summed E-state index contributed by atoms with van der Waals surface area (Å²) < 4.78 is 0. The quantitative estimate of drug-likeness (QED) is 0.0762. The number of hydrogen-bond acceptors (Lipinski definition) is 14. The van der Waals surface area contributed by atoms with E-state index in [4.69, 9.17) is 9.97 Å². The summed E-state index contributed by atoms with van der Waals surface area (Å²) in [5, 5.41) is 40.4. The van der Waals surface area contributed by atoms with Crippen LogP contribution in [0.5, 0.6) is 0 Å². The van der Waals surface area contributed by atoms with E-state index in [0.29, 0.717) is 42.5 Å². The summed E-state index contributed by atoms with van der Waals surface area (Å²) in [6.45, 7) is 10.3. The SMILES string of the molecule is CN[C@@H](C)C(=O)N[C@H](C(=O)N1C[C@@H](O)C[C@H]1C(=O)Nc1sc(-c2nc(-c3ccccc3)c(NC(=O)[C@@H]3C[C@H](O)CN3C(=O)[C@@H](NC(=O)[C@H](C)NC)C(C)C)s2)nc1-c1ccccc1)C(C)C. The van der Waals surface area contributed by atoms with Gasteiger partial charge in [-0.25, -0.2) is 9.97 Å². The Labute approximate surface area is 392 Å². The van der Waals surface area contributed by atoms with Crippen LogP contribution in [0.15, 0.2) is 60.7 Å². The smallest absolute Gasteiger partial charge is 0.247 e. The molecule has 354 valence electrons. The summed E-state index contributed by atoms with van der Waals surface area (Å²) in [6.07, 6.45) is -1.99. The number of aromatic nitrogens is 2. The number of nitrogens with zero attached hydrogens (tertiary/aromatic N) is 4. The molecular weight excluding hydrogens is 885 g/mol. The Hall–Kier alpha value is -5.64. The zero-order valence-electron chi connectivity index (χ0n) is 38.3. The molecule has 4 heterocycles. The van der Waals surface area contributed by atoms with Crippen molar-refractivity contribution in [2.45, 2.75) is 103 Å². The Bertz CT molecular complexity index is 2210. The van der Waals surface area contributed by atoms with Gasteiger partial charge in [0.2, 0.25) is 35.4 Å². The number of benzene rings is 2. The Morgan fingerprint density at radius 2 is 0.939 bits per heavy atom. The number of anilines is 2. The molecule has 20 heteroatoms. The van der Waals surface area contributed by atoms with E-state index in [1.165, 1.54) is 9.80 Å². The third-order valence-corrected chi connectivity index (χ3v) is 13.9. The molecule has 0 saturated carbocycles. The van der Waals surface area contributed by atoms with Gasteiger partial charge in [0, 0.05) is 37.1 Å². The Morgan fingerprint density at radius 1 is 0.591 bits per heavy atom. The highest BCUT2D eigenvalue weighted by molar-refractivity contribution is 7.25. The van der Waals surface area contributed by atoms with Crippen molar-refractivity contribution in [3.05, 3.63) is 60.7 Å². The molecule has 0 bridgehead atoms. The predicted molar refractivity (Wildman–Crippen MR) is 254 cm³/mol. The second-order valence-electron chi connectivity index (χ2n) is 17.4. The van der Waals surface area contributed by atoms with Gasteiger partial charge in [0.25, 0.3) is 0 Å². The maximum absolute atomic E-state index is 14.3. The molecule has 2 aliphatic rings. The fourth-order valence-corrected chi connectivity index (χ4v) is 9.78. The number of likely N-dealkylation sites (N-methyl/N-ethyl adjacent to an activating group) is 2. The van der Waals surface area contributed by atoms with Gasteiger partial charge in [-0.2, -0.15) is 0 Å². The molecular formula is C46H60N10O8S2. The maximum Gasteiger partial charge on any atom is 0.247 e. The van der Waals surface area contributed by atoms with Gasteiger partial charge in [0.05, 0.1) is 24.3 Å². The molecule has 0 unspecified atom stereocenters. The van der Waals surface area contributed by atoms with E-state index >= 15 is 0 Å². The van der Waals surface area contributed by atoms with Crippen LogP contribution in [0.25, 0.3) is 32.5 Å². The summed E-state index contributed by atoms with van der Waals surface area (Å²) in [6, 6.07) is 13.3. The molecule has 2 saturated heterocycles. The van der Waals surface area contributed by atoms with Crippen LogP contribution in [-0.4, -0.2) is 141 Å². The van der Waals surface area contributed by atoms with E-state index in [1.807, 2.05) is 60.7 Å². The fourth-order valence-electron chi connectivity index (χ4n) is 7.78. The van der Waals surface area contributed by atoms with Crippen LogP contribution in [0.3, 0.4) is 0 Å². The second-order valence-corrected chi connectivity index (χ2v) is 19.4. The van der Waals surface area contributed by atoms with Crippen molar-refractivity contribution in [2.75, 3.05) is 37.8 Å². The standard InChI is InChI=1S/C46H60N10O8S2/c1-23(2)33(49-37(59)25(5)47-7)45(63)55-21-29(57)19-31(55)39(61)53-41-35(27-15-11-9-12-16-27)51-43(65-41)44-52-36(28-17-13-10-14-18-28)42(66-44)54-40(62)32-20-30(58)22-56(32)46(64)34(24(3)4)50-38(60)26(6)48-8/h9-18,23-26,29-34,47-48,57-58H,19-22H2,1-8H3,(H,49,59)(H,50,60)(H,53,61)(H,54,62)/t25-,26-,29-,30-,31-,32-,33-,34-/m0/s1. The lowest BCUT2D eigenvalue weighted by molar-refractivity contribution is -0.141. The summed E-state index contributed by atoms with van der Waals surface area (Å²) in [4.78, 5) is 94.9. The highest BCUT2D eigenvalue weighted by Gasteiger charge is 2.44. The van der Waals surface area contributed by atoms with Crippen LogP contribution in [-0.2, 0) is 28.8 Å². The molecule has 4 aromatic rings. The van der Waals surface area contributed by atoms with Gasteiger partial charge in [-0.3, -0.25) is 28.8 Å². The molecule has 6 amide bonds. The van der Waals surface area contributed by atoms with Crippen molar-refractivity contribution in [1.29, 1.82) is 0 Å². The van der Waals surface area contributed by atoms with E-state index in [-0.39, 0.29) is 49.6 Å². The van der Waals surface area contributed by atoms with Crippen LogP contribution in [0.1, 0.15) is 54.4 Å². The molecule has 8 N–H and O–H groups in total.